The van der Waals surface area contributed by atoms with Crippen molar-refractivity contribution >= 4 is 11.6 Å². The molecule has 2 aromatic carbocycles. The van der Waals surface area contributed by atoms with E-state index in [1.807, 2.05) is 30.3 Å². The van der Waals surface area contributed by atoms with Crippen molar-refractivity contribution < 1.29 is 14.6 Å². The predicted octanol–water partition coefficient (Wildman–Crippen LogP) is 3.13. The molecule has 1 aromatic heterocycles. The molecule has 3 aromatic rings. The van der Waals surface area contributed by atoms with Gasteiger partial charge in [0, 0.05) is 42.5 Å². The van der Waals surface area contributed by atoms with Crippen LogP contribution in [0.4, 0.5) is 5.69 Å². The maximum atomic E-state index is 12.6. The quantitative estimate of drug-likeness (QED) is 0.452. The summed E-state index contributed by atoms with van der Waals surface area (Å²) in [5.74, 6) is -0.264. The van der Waals surface area contributed by atoms with Crippen LogP contribution in [0.1, 0.15) is 18.4 Å². The summed E-state index contributed by atoms with van der Waals surface area (Å²) in [6.07, 6.45) is 3.64. The maximum absolute atomic E-state index is 12.6. The van der Waals surface area contributed by atoms with Crippen LogP contribution in [0.15, 0.2) is 60.8 Å². The lowest BCUT2D eigenvalue weighted by molar-refractivity contribution is -0.384. The van der Waals surface area contributed by atoms with E-state index in [1.165, 1.54) is 12.1 Å². The number of nitro groups is 1. The van der Waals surface area contributed by atoms with E-state index in [0.29, 0.717) is 16.8 Å². The molecule has 0 atom stereocenters. The molecule has 1 amide bonds. The van der Waals surface area contributed by atoms with E-state index in [0.717, 1.165) is 31.6 Å². The Balaban J connectivity index is 1.53. The molecule has 0 bridgehead atoms. The number of nitrogens with one attached hydrogen (secondary N) is 1. The molecule has 0 saturated carbocycles. The summed E-state index contributed by atoms with van der Waals surface area (Å²) in [4.78, 5) is 31.0. The molecule has 1 fully saturated rings. The van der Waals surface area contributed by atoms with E-state index in [-0.39, 0.29) is 24.1 Å². The normalized spacial score (nSPS) is 14.9. The van der Waals surface area contributed by atoms with Gasteiger partial charge in [-0.05, 0) is 44.2 Å². The van der Waals surface area contributed by atoms with Gasteiger partial charge >= 0.3 is 0 Å². The lowest BCUT2D eigenvalue weighted by Gasteiger charge is -2.28. The van der Waals surface area contributed by atoms with Crippen molar-refractivity contribution in [2.75, 3.05) is 20.1 Å². The van der Waals surface area contributed by atoms with Gasteiger partial charge in [-0.2, -0.15) is 5.10 Å². The molecular weight excluding hydrogens is 410 g/mol. The van der Waals surface area contributed by atoms with Crippen molar-refractivity contribution in [1.82, 2.24) is 20.2 Å². The van der Waals surface area contributed by atoms with Crippen LogP contribution in [0.3, 0.4) is 0 Å². The standard InChI is InChI=1S/C23H25N5O4/c1-26-13-11-21(12-14-26)32-25-22(29)15-18-16-27(19-5-3-2-4-6-19)24-23(18)17-7-9-20(10-8-17)28(30)31/h2-10,16,21H,11-15H2,1H3,(H,25,29). The van der Waals surface area contributed by atoms with Crippen molar-refractivity contribution in [3.05, 3.63) is 76.5 Å². The molecule has 9 heteroatoms. The highest BCUT2D eigenvalue weighted by atomic mass is 16.7. The number of nitrogens with zero attached hydrogens (tertiary/aromatic N) is 4. The summed E-state index contributed by atoms with van der Waals surface area (Å²) >= 11 is 0. The van der Waals surface area contributed by atoms with E-state index in [4.69, 9.17) is 4.84 Å². The molecule has 0 radical (unpaired) electrons. The van der Waals surface area contributed by atoms with Gasteiger partial charge in [-0.1, -0.05) is 18.2 Å². The van der Waals surface area contributed by atoms with Crippen LogP contribution in [0.5, 0.6) is 0 Å². The van der Waals surface area contributed by atoms with Crippen molar-refractivity contribution in [3.63, 3.8) is 0 Å². The van der Waals surface area contributed by atoms with Crippen LogP contribution in [-0.4, -0.2) is 51.8 Å². The Bertz CT molecular complexity index is 1070. The molecule has 32 heavy (non-hydrogen) atoms. The second-order valence-electron chi connectivity index (χ2n) is 7.91. The van der Waals surface area contributed by atoms with E-state index >= 15 is 0 Å². The molecule has 0 unspecified atom stereocenters. The zero-order valence-corrected chi connectivity index (χ0v) is 17.8. The molecule has 0 aliphatic carbocycles. The topological polar surface area (TPSA) is 103 Å². The first kappa shape index (κ1) is 21.7. The van der Waals surface area contributed by atoms with Gasteiger partial charge in [0.25, 0.3) is 5.69 Å². The maximum Gasteiger partial charge on any atom is 0.269 e. The number of nitro benzene ring substituents is 1. The number of carbonyl (C=O) groups excluding carboxylic acids is 1. The Morgan fingerprint density at radius 2 is 1.84 bits per heavy atom. The lowest BCUT2D eigenvalue weighted by atomic mass is 10.1. The SMILES string of the molecule is CN1CCC(ONC(=O)Cc2cn(-c3ccccc3)nc2-c2ccc([N+](=O)[O-])cc2)CC1. The molecular formula is C23H25N5O4. The number of non-ortho nitro benzene ring substituents is 1. The van der Waals surface area contributed by atoms with Gasteiger partial charge in [0.2, 0.25) is 5.91 Å². The van der Waals surface area contributed by atoms with Crippen LogP contribution in [0.2, 0.25) is 0 Å². The molecule has 0 spiro atoms. The van der Waals surface area contributed by atoms with Crippen LogP contribution in [0.25, 0.3) is 16.9 Å². The van der Waals surface area contributed by atoms with Gasteiger partial charge < -0.3 is 4.90 Å². The third-order valence-electron chi connectivity index (χ3n) is 5.52. The van der Waals surface area contributed by atoms with E-state index in [2.05, 4.69) is 22.5 Å². The third-order valence-corrected chi connectivity index (χ3v) is 5.52. The van der Waals surface area contributed by atoms with Crippen molar-refractivity contribution in [2.24, 2.45) is 0 Å². The first-order valence-electron chi connectivity index (χ1n) is 10.5. The summed E-state index contributed by atoms with van der Waals surface area (Å²) < 4.78 is 1.71. The summed E-state index contributed by atoms with van der Waals surface area (Å²) in [5.41, 5.74) is 5.43. The highest BCUT2D eigenvalue weighted by Crippen LogP contribution is 2.26. The first-order chi connectivity index (χ1) is 15.5. The second-order valence-corrected chi connectivity index (χ2v) is 7.91. The average molecular weight is 435 g/mol. The van der Waals surface area contributed by atoms with Crippen LogP contribution >= 0.6 is 0 Å². The Kier molecular flexibility index (Phi) is 6.58. The average Bonchev–Trinajstić information content (AvgIpc) is 3.23. The Hall–Kier alpha value is -3.56. The summed E-state index contributed by atoms with van der Waals surface area (Å²) in [6.45, 7) is 1.88. The molecule has 1 aliphatic rings. The van der Waals surface area contributed by atoms with Crippen molar-refractivity contribution in [3.8, 4) is 16.9 Å². The number of hydrogen-bond acceptors (Lipinski definition) is 6. The van der Waals surface area contributed by atoms with Gasteiger partial charge in [0.15, 0.2) is 0 Å². The minimum Gasteiger partial charge on any atom is -0.306 e. The highest BCUT2D eigenvalue weighted by molar-refractivity contribution is 5.80. The molecule has 2 heterocycles. The fraction of sp³-hybridized carbons (Fsp3) is 0.304. The molecule has 1 aliphatic heterocycles. The first-order valence-corrected chi connectivity index (χ1v) is 10.5. The monoisotopic (exact) mass is 435 g/mol. The third kappa shape index (κ3) is 5.19. The minimum absolute atomic E-state index is 0.00191. The fourth-order valence-corrected chi connectivity index (χ4v) is 3.70. The number of aromatic nitrogens is 2. The van der Waals surface area contributed by atoms with Crippen molar-refractivity contribution in [1.29, 1.82) is 0 Å². The number of rotatable bonds is 7. The zero-order valence-electron chi connectivity index (χ0n) is 17.8. The number of carbonyl (C=O) groups is 1. The van der Waals surface area contributed by atoms with Crippen molar-refractivity contribution in [2.45, 2.75) is 25.4 Å². The Labute approximate surface area is 185 Å². The summed E-state index contributed by atoms with van der Waals surface area (Å²) in [7, 11) is 2.07. The number of amides is 1. The molecule has 1 N–H and O–H groups in total. The lowest BCUT2D eigenvalue weighted by Crippen LogP contribution is -2.38. The number of hydrogen-bond donors (Lipinski definition) is 1. The number of likely N-dealkylation sites (tertiary alicyclic amines) is 1. The van der Waals surface area contributed by atoms with Gasteiger partial charge in [0.05, 0.1) is 28.8 Å². The smallest absolute Gasteiger partial charge is 0.269 e. The van der Waals surface area contributed by atoms with Gasteiger partial charge in [-0.15, -0.1) is 0 Å². The molecule has 4 rings (SSSR count). The molecule has 166 valence electrons. The zero-order chi connectivity index (χ0) is 22.5. The largest absolute Gasteiger partial charge is 0.306 e. The molecule has 9 nitrogen and oxygen atoms in total. The van der Waals surface area contributed by atoms with Gasteiger partial charge in [-0.25, -0.2) is 10.2 Å². The predicted molar refractivity (Wildman–Crippen MR) is 119 cm³/mol. The number of piperidine rings is 1. The van der Waals surface area contributed by atoms with Crippen LogP contribution in [0, 0.1) is 10.1 Å². The summed E-state index contributed by atoms with van der Waals surface area (Å²) in [6, 6.07) is 15.7. The second kappa shape index (κ2) is 9.71. The van der Waals surface area contributed by atoms with E-state index in [9.17, 15) is 14.9 Å². The number of para-hydroxylation sites is 1. The fourth-order valence-electron chi connectivity index (χ4n) is 3.70. The molecule has 1 saturated heterocycles. The Morgan fingerprint density at radius 3 is 2.50 bits per heavy atom. The summed E-state index contributed by atoms with van der Waals surface area (Å²) in [5, 5.41) is 15.6. The van der Waals surface area contributed by atoms with Crippen LogP contribution in [-0.2, 0) is 16.1 Å². The minimum atomic E-state index is -0.443. The highest BCUT2D eigenvalue weighted by Gasteiger charge is 2.20. The Morgan fingerprint density at radius 1 is 1.16 bits per heavy atom. The van der Waals surface area contributed by atoms with Gasteiger partial charge in [0.1, 0.15) is 0 Å². The number of hydroxylamine groups is 1. The van der Waals surface area contributed by atoms with E-state index in [1.54, 1.807) is 23.0 Å². The van der Waals surface area contributed by atoms with Gasteiger partial charge in [-0.3, -0.25) is 19.7 Å². The number of benzene rings is 2. The van der Waals surface area contributed by atoms with E-state index < -0.39 is 4.92 Å². The van der Waals surface area contributed by atoms with Crippen LogP contribution < -0.4 is 5.48 Å².